The molecule has 1 aliphatic heterocycles. The summed E-state index contributed by atoms with van der Waals surface area (Å²) in [5.74, 6) is -1.14. The number of nitrogens with two attached hydrogens (primary N) is 1. The van der Waals surface area contributed by atoms with Gasteiger partial charge < -0.3 is 16.0 Å². The van der Waals surface area contributed by atoms with E-state index in [-0.39, 0.29) is 17.3 Å². The molecule has 1 saturated heterocycles. The second-order valence-electron chi connectivity index (χ2n) is 8.76. The van der Waals surface area contributed by atoms with Crippen LogP contribution >= 0.6 is 0 Å². The summed E-state index contributed by atoms with van der Waals surface area (Å²) in [6.07, 6.45) is 14.3. The highest BCUT2D eigenvalue weighted by Gasteiger charge is 2.34. The Hall–Kier alpha value is -3.22. The fraction of sp³-hybridized carbons (Fsp3) is 0.440. The summed E-state index contributed by atoms with van der Waals surface area (Å²) < 4.78 is 0. The van der Waals surface area contributed by atoms with Gasteiger partial charge in [0.2, 0.25) is 5.91 Å². The molecule has 7 nitrogen and oxygen atoms in total. The SMILES string of the molecule is C=C(/C=C\C(=C/C)C1CCC1)[C@@H]1CC[C@@H](C)CN1C(=O)C(=O)Nc1cncc(C(N)=O)c1. The molecule has 2 atom stereocenters. The van der Waals surface area contributed by atoms with Crippen LogP contribution in [-0.4, -0.2) is 40.2 Å². The summed E-state index contributed by atoms with van der Waals surface area (Å²) in [6.45, 7) is 8.83. The van der Waals surface area contributed by atoms with Gasteiger partial charge in [0, 0.05) is 12.7 Å². The summed E-state index contributed by atoms with van der Waals surface area (Å²) in [7, 11) is 0. The number of nitrogens with zero attached hydrogens (tertiary/aromatic N) is 2. The number of rotatable bonds is 6. The van der Waals surface area contributed by atoms with Crippen molar-refractivity contribution in [3.8, 4) is 0 Å². The van der Waals surface area contributed by atoms with Crippen LogP contribution in [0.25, 0.3) is 0 Å². The smallest absolute Gasteiger partial charge is 0.313 e. The third-order valence-corrected chi connectivity index (χ3v) is 6.38. The maximum atomic E-state index is 13.1. The third-order valence-electron chi connectivity index (χ3n) is 6.38. The number of nitrogens with one attached hydrogen (secondary N) is 1. The molecule has 0 aromatic carbocycles. The van der Waals surface area contributed by atoms with Gasteiger partial charge in [0.05, 0.1) is 23.5 Å². The minimum Gasteiger partial charge on any atom is -0.366 e. The number of primary amides is 1. The summed E-state index contributed by atoms with van der Waals surface area (Å²) in [6, 6.07) is 1.17. The zero-order valence-corrected chi connectivity index (χ0v) is 18.8. The van der Waals surface area contributed by atoms with E-state index in [4.69, 9.17) is 5.73 Å². The van der Waals surface area contributed by atoms with Crippen LogP contribution in [0.5, 0.6) is 0 Å². The molecule has 1 aromatic rings. The zero-order valence-electron chi connectivity index (χ0n) is 18.8. The minimum absolute atomic E-state index is 0.157. The van der Waals surface area contributed by atoms with Crippen LogP contribution in [0.3, 0.4) is 0 Å². The summed E-state index contributed by atoms with van der Waals surface area (Å²) in [4.78, 5) is 42.6. The Bertz CT molecular complexity index is 962. The molecule has 2 aliphatic rings. The lowest BCUT2D eigenvalue weighted by Gasteiger charge is -2.38. The lowest BCUT2D eigenvalue weighted by atomic mass is 9.79. The molecule has 2 fully saturated rings. The van der Waals surface area contributed by atoms with Crippen molar-refractivity contribution in [2.75, 3.05) is 11.9 Å². The number of allylic oxidation sites excluding steroid dienone is 3. The molecule has 7 heteroatoms. The quantitative estimate of drug-likeness (QED) is 0.525. The van der Waals surface area contributed by atoms with Gasteiger partial charge in [0.25, 0.3) is 0 Å². The largest absolute Gasteiger partial charge is 0.366 e. The zero-order chi connectivity index (χ0) is 23.3. The van der Waals surface area contributed by atoms with Gasteiger partial charge in [-0.2, -0.15) is 0 Å². The Kier molecular flexibility index (Phi) is 7.62. The molecule has 0 radical (unpaired) electrons. The van der Waals surface area contributed by atoms with Crippen LogP contribution in [0.4, 0.5) is 5.69 Å². The molecular weight excluding hydrogens is 404 g/mol. The second kappa shape index (κ2) is 10.4. The van der Waals surface area contributed by atoms with Crippen molar-refractivity contribution in [1.82, 2.24) is 9.88 Å². The van der Waals surface area contributed by atoms with Crippen molar-refractivity contribution < 1.29 is 14.4 Å². The molecular formula is C25H32N4O3. The number of piperidine rings is 1. The number of carbonyl (C=O) groups is 3. The number of hydrogen-bond donors (Lipinski definition) is 2. The molecule has 170 valence electrons. The average Bonchev–Trinajstić information content (AvgIpc) is 2.74. The molecule has 32 heavy (non-hydrogen) atoms. The van der Waals surface area contributed by atoms with E-state index >= 15 is 0 Å². The molecule has 0 bridgehead atoms. The minimum atomic E-state index is -0.770. The number of pyridine rings is 1. The molecule has 0 unspecified atom stereocenters. The van der Waals surface area contributed by atoms with Crippen LogP contribution < -0.4 is 11.1 Å². The second-order valence-corrected chi connectivity index (χ2v) is 8.76. The molecule has 3 amide bonds. The average molecular weight is 437 g/mol. The van der Waals surface area contributed by atoms with Gasteiger partial charge in [-0.05, 0) is 61.7 Å². The Morgan fingerprint density at radius 1 is 1.19 bits per heavy atom. The van der Waals surface area contributed by atoms with Crippen molar-refractivity contribution in [3.63, 3.8) is 0 Å². The van der Waals surface area contributed by atoms with Crippen LogP contribution in [0, 0.1) is 11.8 Å². The maximum absolute atomic E-state index is 13.1. The Morgan fingerprint density at radius 3 is 2.56 bits per heavy atom. The lowest BCUT2D eigenvalue weighted by Crippen LogP contribution is -2.50. The van der Waals surface area contributed by atoms with Gasteiger partial charge in [0.15, 0.2) is 0 Å². The van der Waals surface area contributed by atoms with Crippen molar-refractivity contribution in [2.45, 2.75) is 52.0 Å². The highest BCUT2D eigenvalue weighted by Crippen LogP contribution is 2.34. The summed E-state index contributed by atoms with van der Waals surface area (Å²) in [5.41, 5.74) is 7.80. The van der Waals surface area contributed by atoms with E-state index in [1.54, 1.807) is 4.90 Å². The first-order valence-corrected chi connectivity index (χ1v) is 11.2. The maximum Gasteiger partial charge on any atom is 0.313 e. The Morgan fingerprint density at radius 2 is 1.94 bits per heavy atom. The van der Waals surface area contributed by atoms with Gasteiger partial charge in [-0.3, -0.25) is 19.4 Å². The van der Waals surface area contributed by atoms with E-state index in [2.05, 4.69) is 36.0 Å². The van der Waals surface area contributed by atoms with E-state index in [0.29, 0.717) is 18.4 Å². The van der Waals surface area contributed by atoms with Crippen molar-refractivity contribution in [3.05, 3.63) is 60.0 Å². The third kappa shape index (κ3) is 5.52. The number of hydrogen-bond acceptors (Lipinski definition) is 4. The lowest BCUT2D eigenvalue weighted by molar-refractivity contribution is -0.145. The highest BCUT2D eigenvalue weighted by atomic mass is 16.2. The molecule has 3 rings (SSSR count). The molecule has 1 aromatic heterocycles. The standard InChI is InChI=1S/C25H32N4O3/c1-4-18(19-6-5-7-19)10-9-17(3)22-11-8-16(2)15-29(22)25(32)24(31)28-21-12-20(23(26)30)13-27-14-21/h4,9-10,12-14,16,19,22H,3,5-8,11,15H2,1-2H3,(H2,26,30)(H,28,31)/b10-9-,18-4+/t16-,22+/m1/s1. The monoisotopic (exact) mass is 436 g/mol. The van der Waals surface area contributed by atoms with Crippen LogP contribution in [0.15, 0.2) is 54.4 Å². The van der Waals surface area contributed by atoms with E-state index in [1.165, 1.54) is 43.3 Å². The van der Waals surface area contributed by atoms with E-state index in [1.807, 2.05) is 13.0 Å². The Labute approximate surface area is 189 Å². The van der Waals surface area contributed by atoms with E-state index in [9.17, 15) is 14.4 Å². The number of likely N-dealkylation sites (tertiary alicyclic amines) is 1. The topological polar surface area (TPSA) is 105 Å². The molecule has 3 N–H and O–H groups in total. The van der Waals surface area contributed by atoms with Gasteiger partial charge in [-0.1, -0.05) is 38.2 Å². The molecule has 1 aliphatic carbocycles. The van der Waals surface area contributed by atoms with Gasteiger partial charge >= 0.3 is 11.8 Å². The van der Waals surface area contributed by atoms with Gasteiger partial charge in [-0.25, -0.2) is 0 Å². The van der Waals surface area contributed by atoms with Crippen molar-refractivity contribution in [1.29, 1.82) is 0 Å². The molecule has 0 spiro atoms. The van der Waals surface area contributed by atoms with Crippen molar-refractivity contribution in [2.24, 2.45) is 17.6 Å². The van der Waals surface area contributed by atoms with Gasteiger partial charge in [-0.15, -0.1) is 0 Å². The summed E-state index contributed by atoms with van der Waals surface area (Å²) >= 11 is 0. The Balaban J connectivity index is 1.71. The molecule has 2 heterocycles. The van der Waals surface area contributed by atoms with Crippen LogP contribution in [0.2, 0.25) is 0 Å². The summed E-state index contributed by atoms with van der Waals surface area (Å²) in [5, 5.41) is 2.54. The van der Waals surface area contributed by atoms with Crippen molar-refractivity contribution >= 4 is 23.4 Å². The number of aromatic nitrogens is 1. The first-order valence-electron chi connectivity index (χ1n) is 11.2. The van der Waals surface area contributed by atoms with Crippen LogP contribution in [0.1, 0.15) is 56.3 Å². The number of amides is 3. The predicted octanol–water partition coefficient (Wildman–Crippen LogP) is 3.60. The van der Waals surface area contributed by atoms with E-state index < -0.39 is 17.7 Å². The number of anilines is 1. The fourth-order valence-electron chi connectivity index (χ4n) is 4.24. The van der Waals surface area contributed by atoms with Gasteiger partial charge in [0.1, 0.15) is 0 Å². The number of carbonyl (C=O) groups excluding carboxylic acids is 3. The fourth-order valence-corrected chi connectivity index (χ4v) is 4.24. The normalized spacial score (nSPS) is 21.8. The predicted molar refractivity (Wildman–Crippen MR) is 125 cm³/mol. The highest BCUT2D eigenvalue weighted by molar-refractivity contribution is 6.39. The first-order chi connectivity index (χ1) is 15.3. The van der Waals surface area contributed by atoms with Crippen LogP contribution in [-0.2, 0) is 9.59 Å². The molecule has 1 saturated carbocycles. The van der Waals surface area contributed by atoms with E-state index in [0.717, 1.165) is 18.4 Å². The first kappa shape index (κ1) is 23.4.